The molecule has 0 saturated heterocycles. The molecule has 3 heteroatoms. The van der Waals surface area contributed by atoms with Gasteiger partial charge in [-0.2, -0.15) is 0 Å². The highest BCUT2D eigenvalue weighted by Crippen LogP contribution is 2.04. The number of carbonyl (C=O) groups is 1. The lowest BCUT2D eigenvalue weighted by molar-refractivity contribution is -0.122. The Kier molecular flexibility index (Phi) is 9.84. The van der Waals surface area contributed by atoms with Crippen molar-refractivity contribution in [3.8, 4) is 12.3 Å². The third kappa shape index (κ3) is 8.31. The highest BCUT2D eigenvalue weighted by atomic mass is 16.2. The highest BCUT2D eigenvalue weighted by molar-refractivity contribution is 5.81. The fraction of sp³-hybridized carbons (Fsp3) is 0.769. The van der Waals surface area contributed by atoms with E-state index in [1.807, 2.05) is 0 Å². The average molecular weight is 224 g/mol. The maximum absolute atomic E-state index is 11.3. The minimum atomic E-state index is -0.551. The first-order valence-electron chi connectivity index (χ1n) is 6.19. The van der Waals surface area contributed by atoms with E-state index in [2.05, 4.69) is 18.2 Å². The SMILES string of the molecule is C#CCC(N)C(=O)NCCCCCCCC. The number of rotatable bonds is 9. The summed E-state index contributed by atoms with van der Waals surface area (Å²) < 4.78 is 0. The molecule has 0 aliphatic heterocycles. The van der Waals surface area contributed by atoms with Gasteiger partial charge in [0.15, 0.2) is 0 Å². The van der Waals surface area contributed by atoms with Gasteiger partial charge >= 0.3 is 0 Å². The van der Waals surface area contributed by atoms with Crippen LogP contribution >= 0.6 is 0 Å². The summed E-state index contributed by atoms with van der Waals surface area (Å²) in [4.78, 5) is 11.3. The molecule has 3 N–H and O–H groups in total. The molecule has 0 aromatic rings. The molecule has 0 rings (SSSR count). The van der Waals surface area contributed by atoms with E-state index in [9.17, 15) is 4.79 Å². The second-order valence-electron chi connectivity index (χ2n) is 4.07. The summed E-state index contributed by atoms with van der Waals surface area (Å²) in [7, 11) is 0. The molecule has 1 atom stereocenters. The molecule has 3 nitrogen and oxygen atoms in total. The molecule has 0 aliphatic carbocycles. The van der Waals surface area contributed by atoms with Gasteiger partial charge in [-0.3, -0.25) is 4.79 Å². The third-order valence-electron chi connectivity index (χ3n) is 2.50. The zero-order valence-corrected chi connectivity index (χ0v) is 10.3. The molecular weight excluding hydrogens is 200 g/mol. The van der Waals surface area contributed by atoms with E-state index in [1.54, 1.807) is 0 Å². The van der Waals surface area contributed by atoms with Crippen molar-refractivity contribution in [3.05, 3.63) is 0 Å². The van der Waals surface area contributed by atoms with Crippen molar-refractivity contribution in [2.75, 3.05) is 6.54 Å². The minimum Gasteiger partial charge on any atom is -0.355 e. The molecule has 0 aromatic heterocycles. The monoisotopic (exact) mass is 224 g/mol. The molecule has 0 heterocycles. The van der Waals surface area contributed by atoms with Gasteiger partial charge in [-0.15, -0.1) is 12.3 Å². The lowest BCUT2D eigenvalue weighted by Crippen LogP contribution is -2.40. The molecule has 0 fully saturated rings. The van der Waals surface area contributed by atoms with E-state index >= 15 is 0 Å². The Balaban J connectivity index is 3.31. The Hall–Kier alpha value is -1.01. The topological polar surface area (TPSA) is 55.1 Å². The van der Waals surface area contributed by atoms with Crippen LogP contribution in [-0.2, 0) is 4.79 Å². The van der Waals surface area contributed by atoms with Crippen LogP contribution in [0.3, 0.4) is 0 Å². The maximum Gasteiger partial charge on any atom is 0.237 e. The second-order valence-corrected chi connectivity index (χ2v) is 4.07. The molecule has 0 spiro atoms. The lowest BCUT2D eigenvalue weighted by Gasteiger charge is -2.09. The van der Waals surface area contributed by atoms with E-state index < -0.39 is 6.04 Å². The normalized spacial score (nSPS) is 11.8. The number of nitrogens with two attached hydrogens (primary N) is 1. The summed E-state index contributed by atoms with van der Waals surface area (Å²) in [5, 5.41) is 2.80. The van der Waals surface area contributed by atoms with Gasteiger partial charge in [0.25, 0.3) is 0 Å². The van der Waals surface area contributed by atoms with E-state index in [1.165, 1.54) is 32.1 Å². The van der Waals surface area contributed by atoms with Crippen LogP contribution < -0.4 is 11.1 Å². The smallest absolute Gasteiger partial charge is 0.237 e. The molecule has 0 aromatic carbocycles. The van der Waals surface area contributed by atoms with Crippen molar-refractivity contribution >= 4 is 5.91 Å². The maximum atomic E-state index is 11.3. The molecule has 16 heavy (non-hydrogen) atoms. The summed E-state index contributed by atoms with van der Waals surface area (Å²) in [5.41, 5.74) is 5.55. The van der Waals surface area contributed by atoms with Crippen LogP contribution in [0.25, 0.3) is 0 Å². The van der Waals surface area contributed by atoms with Crippen molar-refractivity contribution in [1.29, 1.82) is 0 Å². The molecule has 92 valence electrons. The van der Waals surface area contributed by atoms with Crippen molar-refractivity contribution in [2.24, 2.45) is 5.73 Å². The van der Waals surface area contributed by atoms with E-state index in [-0.39, 0.29) is 5.91 Å². The van der Waals surface area contributed by atoms with Gasteiger partial charge in [-0.1, -0.05) is 39.0 Å². The van der Waals surface area contributed by atoms with Gasteiger partial charge in [0.1, 0.15) is 0 Å². The molecule has 0 saturated carbocycles. The summed E-state index contributed by atoms with van der Waals surface area (Å²) in [5.74, 6) is 2.25. The third-order valence-corrected chi connectivity index (χ3v) is 2.50. The molecule has 1 unspecified atom stereocenters. The van der Waals surface area contributed by atoms with Crippen LogP contribution in [0.5, 0.6) is 0 Å². The van der Waals surface area contributed by atoms with Crippen LogP contribution in [-0.4, -0.2) is 18.5 Å². The first kappa shape index (κ1) is 15.0. The number of terminal acetylenes is 1. The fourth-order valence-corrected chi connectivity index (χ4v) is 1.47. The summed E-state index contributed by atoms with van der Waals surface area (Å²) in [6, 6.07) is -0.551. The van der Waals surface area contributed by atoms with Gasteiger partial charge in [-0.05, 0) is 6.42 Å². The number of nitrogens with one attached hydrogen (secondary N) is 1. The number of hydrogen-bond acceptors (Lipinski definition) is 2. The Morgan fingerprint density at radius 1 is 1.31 bits per heavy atom. The number of hydrogen-bond donors (Lipinski definition) is 2. The Labute approximate surface area is 99.2 Å². The van der Waals surface area contributed by atoms with E-state index in [0.29, 0.717) is 13.0 Å². The Morgan fingerprint density at radius 3 is 2.56 bits per heavy atom. The molecule has 1 amide bonds. The Bertz CT molecular complexity index is 220. The zero-order chi connectivity index (χ0) is 12.2. The van der Waals surface area contributed by atoms with Crippen LogP contribution in [0.15, 0.2) is 0 Å². The molecule has 0 aliphatic rings. The summed E-state index contributed by atoms with van der Waals surface area (Å²) >= 11 is 0. The van der Waals surface area contributed by atoms with E-state index in [4.69, 9.17) is 12.2 Å². The fourth-order valence-electron chi connectivity index (χ4n) is 1.47. The first-order chi connectivity index (χ1) is 7.72. The standard InChI is InChI=1S/C13H24N2O/c1-3-5-6-7-8-9-11-15-13(16)12(14)10-4-2/h2,12H,3,5-11,14H2,1H3,(H,15,16). The van der Waals surface area contributed by atoms with E-state index in [0.717, 1.165) is 6.42 Å². The summed E-state index contributed by atoms with van der Waals surface area (Å²) in [6.07, 6.45) is 12.7. The largest absolute Gasteiger partial charge is 0.355 e. The molecule has 0 bridgehead atoms. The molecule has 0 radical (unpaired) electrons. The van der Waals surface area contributed by atoms with Gasteiger partial charge in [-0.25, -0.2) is 0 Å². The predicted molar refractivity (Wildman–Crippen MR) is 67.8 cm³/mol. The van der Waals surface area contributed by atoms with Crippen LogP contribution in [0.1, 0.15) is 51.9 Å². The number of unbranched alkanes of at least 4 members (excludes halogenated alkanes) is 5. The molecular formula is C13H24N2O. The lowest BCUT2D eigenvalue weighted by atomic mass is 10.1. The van der Waals surface area contributed by atoms with Gasteiger partial charge in [0, 0.05) is 13.0 Å². The predicted octanol–water partition coefficient (Wildman–Crippen LogP) is 1.81. The highest BCUT2D eigenvalue weighted by Gasteiger charge is 2.10. The van der Waals surface area contributed by atoms with Crippen LogP contribution in [0, 0.1) is 12.3 Å². The van der Waals surface area contributed by atoms with Crippen molar-refractivity contribution in [1.82, 2.24) is 5.32 Å². The zero-order valence-electron chi connectivity index (χ0n) is 10.3. The average Bonchev–Trinajstić information content (AvgIpc) is 2.28. The van der Waals surface area contributed by atoms with Gasteiger partial charge in [0.2, 0.25) is 5.91 Å². The summed E-state index contributed by atoms with van der Waals surface area (Å²) in [6.45, 7) is 2.91. The minimum absolute atomic E-state index is 0.133. The first-order valence-corrected chi connectivity index (χ1v) is 6.19. The number of carbonyl (C=O) groups excluding carboxylic acids is 1. The van der Waals surface area contributed by atoms with Crippen LogP contribution in [0.2, 0.25) is 0 Å². The second kappa shape index (κ2) is 10.5. The van der Waals surface area contributed by atoms with Gasteiger partial charge in [0.05, 0.1) is 6.04 Å². The quantitative estimate of drug-likeness (QED) is 0.463. The van der Waals surface area contributed by atoms with Gasteiger partial charge < -0.3 is 11.1 Å². The van der Waals surface area contributed by atoms with Crippen molar-refractivity contribution < 1.29 is 4.79 Å². The van der Waals surface area contributed by atoms with Crippen molar-refractivity contribution in [2.45, 2.75) is 57.9 Å². The Morgan fingerprint density at radius 2 is 1.94 bits per heavy atom. The number of amides is 1. The van der Waals surface area contributed by atoms with Crippen molar-refractivity contribution in [3.63, 3.8) is 0 Å². The van der Waals surface area contributed by atoms with Crippen LogP contribution in [0.4, 0.5) is 0 Å².